The van der Waals surface area contributed by atoms with Crippen LogP contribution in [0.5, 0.6) is 0 Å². The third kappa shape index (κ3) is 2.63. The van der Waals surface area contributed by atoms with Gasteiger partial charge >= 0.3 is 0 Å². The molecule has 0 radical (unpaired) electrons. The quantitative estimate of drug-likeness (QED) is 0.687. The van der Waals surface area contributed by atoms with E-state index in [1.54, 1.807) is 16.2 Å². The zero-order valence-corrected chi connectivity index (χ0v) is 12.9. The SMILES string of the molecule is Cc1ccsc1/C=C1\NC(=S)N(CC2CCCO2)C1=O. The van der Waals surface area contributed by atoms with Gasteiger partial charge in [-0.25, -0.2) is 0 Å². The number of nitrogens with zero attached hydrogens (tertiary/aromatic N) is 1. The van der Waals surface area contributed by atoms with Crippen LogP contribution in [0.25, 0.3) is 6.08 Å². The van der Waals surface area contributed by atoms with E-state index in [0.717, 1.165) is 24.3 Å². The van der Waals surface area contributed by atoms with Crippen LogP contribution in [-0.2, 0) is 9.53 Å². The van der Waals surface area contributed by atoms with E-state index in [4.69, 9.17) is 17.0 Å². The van der Waals surface area contributed by atoms with Crippen molar-refractivity contribution in [1.82, 2.24) is 10.2 Å². The molecule has 4 nitrogen and oxygen atoms in total. The molecule has 2 aliphatic heterocycles. The first-order valence-corrected chi connectivity index (χ1v) is 7.94. The average molecular weight is 308 g/mol. The van der Waals surface area contributed by atoms with E-state index in [9.17, 15) is 4.79 Å². The molecule has 0 aliphatic carbocycles. The van der Waals surface area contributed by atoms with Crippen LogP contribution in [0.3, 0.4) is 0 Å². The van der Waals surface area contributed by atoms with Gasteiger partial charge in [-0.05, 0) is 55.1 Å². The van der Waals surface area contributed by atoms with Crippen LogP contribution in [0.1, 0.15) is 23.3 Å². The Morgan fingerprint density at radius 1 is 1.65 bits per heavy atom. The Balaban J connectivity index is 1.76. The molecule has 0 saturated carbocycles. The van der Waals surface area contributed by atoms with Crippen LogP contribution in [0.2, 0.25) is 0 Å². The topological polar surface area (TPSA) is 41.6 Å². The number of hydrogen-bond acceptors (Lipinski definition) is 4. The molecule has 1 unspecified atom stereocenters. The minimum atomic E-state index is -0.0571. The first-order chi connectivity index (χ1) is 9.65. The highest BCUT2D eigenvalue weighted by molar-refractivity contribution is 7.80. The minimum absolute atomic E-state index is 0.0571. The summed E-state index contributed by atoms with van der Waals surface area (Å²) in [4.78, 5) is 15.1. The standard InChI is InChI=1S/C14H16N2O2S2/c1-9-4-6-20-12(9)7-11-13(17)16(14(19)15-11)8-10-3-2-5-18-10/h4,6-7,10H,2-3,5,8H2,1H3,(H,15,19)/b11-7-. The Bertz CT molecular complexity index is 573. The molecule has 2 fully saturated rings. The van der Waals surface area contributed by atoms with Crippen molar-refractivity contribution in [3.05, 3.63) is 27.6 Å². The van der Waals surface area contributed by atoms with Gasteiger partial charge in [0.1, 0.15) is 5.70 Å². The molecule has 3 rings (SSSR count). The van der Waals surface area contributed by atoms with Gasteiger partial charge < -0.3 is 10.1 Å². The molecule has 20 heavy (non-hydrogen) atoms. The number of carbonyl (C=O) groups is 1. The summed E-state index contributed by atoms with van der Waals surface area (Å²) in [5.74, 6) is -0.0571. The van der Waals surface area contributed by atoms with Crippen molar-refractivity contribution in [2.24, 2.45) is 0 Å². The monoisotopic (exact) mass is 308 g/mol. The highest BCUT2D eigenvalue weighted by Gasteiger charge is 2.33. The predicted molar refractivity (Wildman–Crippen MR) is 83.5 cm³/mol. The maximum atomic E-state index is 12.4. The largest absolute Gasteiger partial charge is 0.376 e. The molecule has 1 aromatic rings. The van der Waals surface area contributed by atoms with Crippen LogP contribution in [0.15, 0.2) is 17.1 Å². The fourth-order valence-corrected chi connectivity index (χ4v) is 3.52. The number of nitrogens with one attached hydrogen (secondary N) is 1. The normalized spacial score (nSPS) is 24.8. The lowest BCUT2D eigenvalue weighted by Gasteiger charge is -2.18. The zero-order valence-electron chi connectivity index (χ0n) is 11.2. The maximum Gasteiger partial charge on any atom is 0.276 e. The lowest BCUT2D eigenvalue weighted by Crippen LogP contribution is -2.37. The van der Waals surface area contributed by atoms with Crippen molar-refractivity contribution in [3.63, 3.8) is 0 Å². The number of ether oxygens (including phenoxy) is 1. The number of rotatable bonds is 3. The molecule has 3 heterocycles. The Kier molecular flexibility index (Phi) is 3.87. The van der Waals surface area contributed by atoms with Crippen molar-refractivity contribution in [2.75, 3.05) is 13.2 Å². The van der Waals surface area contributed by atoms with Crippen LogP contribution in [0.4, 0.5) is 0 Å². The summed E-state index contributed by atoms with van der Waals surface area (Å²) in [7, 11) is 0. The highest BCUT2D eigenvalue weighted by atomic mass is 32.1. The number of hydrogen-bond donors (Lipinski definition) is 1. The molecule has 1 atom stereocenters. The molecule has 106 valence electrons. The van der Waals surface area contributed by atoms with Gasteiger partial charge in [0.25, 0.3) is 5.91 Å². The Morgan fingerprint density at radius 2 is 2.50 bits per heavy atom. The number of carbonyl (C=O) groups excluding carboxylic acids is 1. The van der Waals surface area contributed by atoms with Crippen molar-refractivity contribution in [1.29, 1.82) is 0 Å². The Labute approximate surface area is 127 Å². The fourth-order valence-electron chi connectivity index (χ4n) is 2.39. The molecule has 0 aromatic carbocycles. The van der Waals surface area contributed by atoms with Crippen LogP contribution < -0.4 is 5.32 Å². The molecule has 2 aliphatic rings. The lowest BCUT2D eigenvalue weighted by atomic mass is 10.2. The van der Waals surface area contributed by atoms with Crippen molar-refractivity contribution < 1.29 is 9.53 Å². The number of aryl methyl sites for hydroxylation is 1. The molecule has 1 N–H and O–H groups in total. The van der Waals surface area contributed by atoms with Crippen molar-refractivity contribution in [2.45, 2.75) is 25.9 Å². The molecule has 6 heteroatoms. The van der Waals surface area contributed by atoms with E-state index >= 15 is 0 Å². The first kappa shape index (κ1) is 13.7. The van der Waals surface area contributed by atoms with Gasteiger partial charge in [-0.15, -0.1) is 11.3 Å². The molecule has 1 amide bonds. The Morgan fingerprint density at radius 3 is 3.15 bits per heavy atom. The summed E-state index contributed by atoms with van der Waals surface area (Å²) in [5, 5.41) is 5.51. The van der Waals surface area contributed by atoms with Crippen molar-refractivity contribution in [3.8, 4) is 0 Å². The van der Waals surface area contributed by atoms with E-state index in [0.29, 0.717) is 17.4 Å². The van der Waals surface area contributed by atoms with Gasteiger partial charge in [0, 0.05) is 11.5 Å². The van der Waals surface area contributed by atoms with E-state index in [-0.39, 0.29) is 12.0 Å². The van der Waals surface area contributed by atoms with Gasteiger partial charge in [-0.1, -0.05) is 0 Å². The van der Waals surface area contributed by atoms with Gasteiger partial charge in [-0.2, -0.15) is 0 Å². The second-order valence-electron chi connectivity index (χ2n) is 5.01. The van der Waals surface area contributed by atoms with E-state index < -0.39 is 0 Å². The summed E-state index contributed by atoms with van der Waals surface area (Å²) >= 11 is 6.88. The maximum absolute atomic E-state index is 12.4. The molecular formula is C14H16N2O2S2. The third-order valence-corrected chi connectivity index (χ3v) is 4.84. The van der Waals surface area contributed by atoms with Gasteiger partial charge in [0.15, 0.2) is 5.11 Å². The summed E-state index contributed by atoms with van der Waals surface area (Å²) in [6.07, 6.45) is 4.05. The molecule has 1 aromatic heterocycles. The summed E-state index contributed by atoms with van der Waals surface area (Å²) in [6, 6.07) is 2.04. The second kappa shape index (κ2) is 5.63. The van der Waals surface area contributed by atoms with Gasteiger partial charge in [0.2, 0.25) is 0 Å². The third-order valence-electron chi connectivity index (χ3n) is 3.55. The van der Waals surface area contributed by atoms with Crippen LogP contribution in [0, 0.1) is 6.92 Å². The van der Waals surface area contributed by atoms with Crippen molar-refractivity contribution >= 4 is 40.7 Å². The predicted octanol–water partition coefficient (Wildman–Crippen LogP) is 2.29. The summed E-state index contributed by atoms with van der Waals surface area (Å²) in [5.41, 5.74) is 1.72. The Hall–Kier alpha value is -1.24. The van der Waals surface area contributed by atoms with E-state index in [2.05, 4.69) is 5.32 Å². The smallest absolute Gasteiger partial charge is 0.276 e. The van der Waals surface area contributed by atoms with Gasteiger partial charge in [-0.3, -0.25) is 9.69 Å². The molecular weight excluding hydrogens is 292 g/mol. The lowest BCUT2D eigenvalue weighted by molar-refractivity contribution is -0.123. The number of thiocarbonyl (C=S) groups is 1. The molecule has 0 spiro atoms. The molecule has 2 saturated heterocycles. The molecule has 0 bridgehead atoms. The minimum Gasteiger partial charge on any atom is -0.376 e. The summed E-state index contributed by atoms with van der Waals surface area (Å²) < 4.78 is 5.57. The van der Waals surface area contributed by atoms with E-state index in [1.807, 2.05) is 24.4 Å². The average Bonchev–Trinajstić information content (AvgIpc) is 3.11. The van der Waals surface area contributed by atoms with Crippen LogP contribution in [-0.4, -0.2) is 35.2 Å². The first-order valence-electron chi connectivity index (χ1n) is 6.65. The van der Waals surface area contributed by atoms with Crippen LogP contribution >= 0.6 is 23.6 Å². The second-order valence-corrected chi connectivity index (χ2v) is 6.34. The zero-order chi connectivity index (χ0) is 14.1. The van der Waals surface area contributed by atoms with Gasteiger partial charge in [0.05, 0.1) is 12.6 Å². The fraction of sp³-hybridized carbons (Fsp3) is 0.429. The highest BCUT2D eigenvalue weighted by Crippen LogP contribution is 2.22. The number of amides is 1. The summed E-state index contributed by atoms with van der Waals surface area (Å²) in [6.45, 7) is 3.36. The van der Waals surface area contributed by atoms with E-state index in [1.165, 1.54) is 5.56 Å². The number of thiophene rings is 1.